The number of hydrogen-bond donors (Lipinski definition) is 0. The van der Waals surface area contributed by atoms with Crippen molar-refractivity contribution < 1.29 is 27.5 Å². The van der Waals surface area contributed by atoms with Crippen LogP contribution in [0.2, 0.25) is 0 Å². The van der Waals surface area contributed by atoms with Gasteiger partial charge in [0.2, 0.25) is 10.0 Å². The molecule has 2 heterocycles. The minimum Gasteiger partial charge on any atom is -0.464 e. The SMILES string of the molecule is CC(C)c1ccc(S(=O)(=O)N2CCC(C(=O)OCCN3C(=O)c4ccccc4C3=O)CC2)cc1. The summed E-state index contributed by atoms with van der Waals surface area (Å²) in [6, 6.07) is 13.5. The van der Waals surface area contributed by atoms with E-state index in [0.717, 1.165) is 10.5 Å². The number of piperidine rings is 1. The lowest BCUT2D eigenvalue weighted by molar-refractivity contribution is -0.150. The molecule has 2 aliphatic rings. The lowest BCUT2D eigenvalue weighted by Crippen LogP contribution is -2.41. The number of ether oxygens (including phenoxy) is 1. The van der Waals surface area contributed by atoms with E-state index in [0.29, 0.717) is 29.9 Å². The van der Waals surface area contributed by atoms with Crippen LogP contribution in [0.3, 0.4) is 0 Å². The molecule has 2 amide bonds. The molecule has 0 spiro atoms. The number of carbonyl (C=O) groups is 3. The van der Waals surface area contributed by atoms with Crippen LogP contribution in [0.5, 0.6) is 0 Å². The minimum atomic E-state index is -3.62. The summed E-state index contributed by atoms with van der Waals surface area (Å²) in [4.78, 5) is 38.6. The number of carbonyl (C=O) groups excluding carboxylic acids is 3. The number of sulfonamides is 1. The Hall–Kier alpha value is -3.04. The van der Waals surface area contributed by atoms with Crippen molar-refractivity contribution in [3.8, 4) is 0 Å². The Morgan fingerprint density at radius 2 is 1.53 bits per heavy atom. The Bertz CT molecular complexity index is 1160. The molecular weight excluding hydrogens is 456 g/mol. The highest BCUT2D eigenvalue weighted by Crippen LogP contribution is 2.26. The van der Waals surface area contributed by atoms with Crippen molar-refractivity contribution in [3.05, 3.63) is 65.2 Å². The predicted octanol–water partition coefficient (Wildman–Crippen LogP) is 3.05. The van der Waals surface area contributed by atoms with Crippen molar-refractivity contribution in [3.63, 3.8) is 0 Å². The first-order valence-corrected chi connectivity index (χ1v) is 12.9. The normalized spacial score (nSPS) is 17.3. The van der Waals surface area contributed by atoms with Crippen molar-refractivity contribution in [2.75, 3.05) is 26.2 Å². The van der Waals surface area contributed by atoms with Crippen LogP contribution in [0.1, 0.15) is 58.9 Å². The van der Waals surface area contributed by atoms with Gasteiger partial charge in [0, 0.05) is 13.1 Å². The maximum absolute atomic E-state index is 13.0. The van der Waals surface area contributed by atoms with Crippen LogP contribution in [0.4, 0.5) is 0 Å². The first-order valence-electron chi connectivity index (χ1n) is 11.4. The second-order valence-corrected chi connectivity index (χ2v) is 10.8. The maximum atomic E-state index is 13.0. The van der Waals surface area contributed by atoms with Gasteiger partial charge in [-0.25, -0.2) is 8.42 Å². The van der Waals surface area contributed by atoms with E-state index in [1.807, 2.05) is 26.0 Å². The zero-order chi connectivity index (χ0) is 24.5. The van der Waals surface area contributed by atoms with Crippen LogP contribution in [-0.2, 0) is 19.6 Å². The molecule has 1 saturated heterocycles. The number of nitrogens with zero attached hydrogens (tertiary/aromatic N) is 2. The Kier molecular flexibility index (Phi) is 6.86. The van der Waals surface area contributed by atoms with E-state index < -0.39 is 33.7 Å². The molecule has 2 aliphatic heterocycles. The van der Waals surface area contributed by atoms with Crippen molar-refractivity contribution in [1.29, 1.82) is 0 Å². The van der Waals surface area contributed by atoms with Gasteiger partial charge in [-0.15, -0.1) is 0 Å². The molecule has 0 aromatic heterocycles. The number of fused-ring (bicyclic) bond motifs is 1. The first kappa shape index (κ1) is 24.1. The summed E-state index contributed by atoms with van der Waals surface area (Å²) in [6.07, 6.45) is 0.713. The number of amides is 2. The molecule has 0 aliphatic carbocycles. The standard InChI is InChI=1S/C25H28N2O6S/c1-17(2)18-7-9-20(10-8-18)34(31,32)26-13-11-19(12-14-26)25(30)33-16-15-27-23(28)21-5-3-4-6-22(21)24(27)29/h3-10,17,19H,11-16H2,1-2H3. The number of hydrogen-bond acceptors (Lipinski definition) is 6. The van der Waals surface area contributed by atoms with Gasteiger partial charge < -0.3 is 4.74 Å². The smallest absolute Gasteiger partial charge is 0.309 e. The van der Waals surface area contributed by atoms with E-state index in [2.05, 4.69) is 0 Å². The molecule has 2 aromatic carbocycles. The molecule has 8 nitrogen and oxygen atoms in total. The zero-order valence-electron chi connectivity index (χ0n) is 19.3. The maximum Gasteiger partial charge on any atom is 0.309 e. The van der Waals surface area contributed by atoms with Gasteiger partial charge in [0.05, 0.1) is 28.5 Å². The molecular formula is C25H28N2O6S. The second-order valence-electron chi connectivity index (χ2n) is 8.88. The van der Waals surface area contributed by atoms with Crippen LogP contribution < -0.4 is 0 Å². The average molecular weight is 485 g/mol. The fourth-order valence-electron chi connectivity index (χ4n) is 4.30. The average Bonchev–Trinajstić information content (AvgIpc) is 3.09. The molecule has 0 saturated carbocycles. The van der Waals surface area contributed by atoms with E-state index in [1.54, 1.807) is 36.4 Å². The summed E-state index contributed by atoms with van der Waals surface area (Å²) >= 11 is 0. The molecule has 0 unspecified atom stereocenters. The second kappa shape index (κ2) is 9.68. The Morgan fingerprint density at radius 3 is 2.06 bits per heavy atom. The molecule has 4 rings (SSSR count). The molecule has 1 fully saturated rings. The van der Waals surface area contributed by atoms with Gasteiger partial charge in [-0.2, -0.15) is 4.31 Å². The van der Waals surface area contributed by atoms with Crippen molar-refractivity contribution in [2.45, 2.75) is 37.5 Å². The van der Waals surface area contributed by atoms with Gasteiger partial charge in [-0.3, -0.25) is 19.3 Å². The summed E-state index contributed by atoms with van der Waals surface area (Å²) in [7, 11) is -3.62. The summed E-state index contributed by atoms with van der Waals surface area (Å²) in [5.41, 5.74) is 1.78. The highest BCUT2D eigenvalue weighted by molar-refractivity contribution is 7.89. The van der Waals surface area contributed by atoms with E-state index in [1.165, 1.54) is 4.31 Å². The Labute approximate surface area is 199 Å². The van der Waals surface area contributed by atoms with Crippen molar-refractivity contribution >= 4 is 27.8 Å². The van der Waals surface area contributed by atoms with Gasteiger partial charge in [0.1, 0.15) is 6.61 Å². The van der Waals surface area contributed by atoms with Crippen LogP contribution in [0, 0.1) is 5.92 Å². The van der Waals surface area contributed by atoms with Crippen molar-refractivity contribution in [1.82, 2.24) is 9.21 Å². The third kappa shape index (κ3) is 4.63. The number of benzene rings is 2. The van der Waals surface area contributed by atoms with E-state index in [4.69, 9.17) is 4.74 Å². The van der Waals surface area contributed by atoms with Gasteiger partial charge >= 0.3 is 5.97 Å². The minimum absolute atomic E-state index is 0.0162. The third-order valence-corrected chi connectivity index (χ3v) is 8.32. The highest BCUT2D eigenvalue weighted by Gasteiger charge is 2.36. The number of rotatable bonds is 7. The zero-order valence-corrected chi connectivity index (χ0v) is 20.1. The van der Waals surface area contributed by atoms with Gasteiger partial charge in [0.25, 0.3) is 11.8 Å². The van der Waals surface area contributed by atoms with E-state index in [-0.39, 0.29) is 31.1 Å². The predicted molar refractivity (Wildman–Crippen MR) is 125 cm³/mol. The largest absolute Gasteiger partial charge is 0.464 e. The van der Waals surface area contributed by atoms with Crippen molar-refractivity contribution in [2.24, 2.45) is 5.92 Å². The summed E-state index contributed by atoms with van der Waals surface area (Å²) in [5, 5.41) is 0. The van der Waals surface area contributed by atoms with Crippen LogP contribution in [-0.4, -0.2) is 61.6 Å². The summed E-state index contributed by atoms with van der Waals surface area (Å²) in [6.45, 7) is 4.45. The lowest BCUT2D eigenvalue weighted by atomic mass is 9.98. The first-order chi connectivity index (χ1) is 16.2. The monoisotopic (exact) mass is 484 g/mol. The molecule has 34 heavy (non-hydrogen) atoms. The Morgan fingerprint density at radius 1 is 0.971 bits per heavy atom. The molecule has 0 atom stereocenters. The summed E-state index contributed by atoms with van der Waals surface area (Å²) < 4.78 is 32.6. The molecule has 2 aromatic rings. The topological polar surface area (TPSA) is 101 Å². The van der Waals surface area contributed by atoms with Gasteiger partial charge in [0.15, 0.2) is 0 Å². The Balaban J connectivity index is 1.27. The van der Waals surface area contributed by atoms with E-state index >= 15 is 0 Å². The van der Waals surface area contributed by atoms with E-state index in [9.17, 15) is 22.8 Å². The molecule has 180 valence electrons. The third-order valence-electron chi connectivity index (χ3n) is 6.41. The molecule has 0 N–H and O–H groups in total. The summed E-state index contributed by atoms with van der Waals surface area (Å²) in [5.74, 6) is -1.32. The van der Waals surface area contributed by atoms with Crippen LogP contribution in [0.25, 0.3) is 0 Å². The molecule has 9 heteroatoms. The molecule has 0 radical (unpaired) electrons. The van der Waals surface area contributed by atoms with Gasteiger partial charge in [-0.1, -0.05) is 38.1 Å². The molecule has 0 bridgehead atoms. The van der Waals surface area contributed by atoms with Crippen LogP contribution >= 0.6 is 0 Å². The quantitative estimate of drug-likeness (QED) is 0.442. The van der Waals surface area contributed by atoms with Crippen LogP contribution in [0.15, 0.2) is 53.4 Å². The lowest BCUT2D eigenvalue weighted by Gasteiger charge is -2.30. The number of esters is 1. The fraction of sp³-hybridized carbons (Fsp3) is 0.400. The fourth-order valence-corrected chi connectivity index (χ4v) is 5.77. The van der Waals surface area contributed by atoms with Gasteiger partial charge in [-0.05, 0) is 48.6 Å². The number of imide groups is 1. The highest BCUT2D eigenvalue weighted by atomic mass is 32.2.